The quantitative estimate of drug-likeness (QED) is 0.567. The molecule has 1 heterocycles. The second-order valence-electron chi connectivity index (χ2n) is 7.52. The minimum Gasteiger partial charge on any atom is -0.367 e. The van der Waals surface area contributed by atoms with Crippen molar-refractivity contribution in [2.24, 2.45) is 13.0 Å². The van der Waals surface area contributed by atoms with E-state index in [2.05, 4.69) is 40.3 Å². The Balaban J connectivity index is 1.61. The van der Waals surface area contributed by atoms with Gasteiger partial charge in [-0.1, -0.05) is 43.0 Å². The molecule has 136 valence electrons. The van der Waals surface area contributed by atoms with Crippen molar-refractivity contribution in [3.63, 3.8) is 0 Å². The fourth-order valence-corrected chi connectivity index (χ4v) is 4.23. The standard InChI is InChI=1S/C22H26ClN3/c1-25-22-12-11-21(13-19(22)14-24-25)26(15-17-5-3-2-4-6-17)16-18-7-9-20(23)10-8-18/h7-14,17H,2-6,15-16H2,1H3. The summed E-state index contributed by atoms with van der Waals surface area (Å²) in [6.45, 7) is 2.04. The van der Waals surface area contributed by atoms with Crippen LogP contribution < -0.4 is 4.90 Å². The molecule has 1 saturated carbocycles. The van der Waals surface area contributed by atoms with Crippen molar-refractivity contribution >= 4 is 28.2 Å². The third-order valence-electron chi connectivity index (χ3n) is 5.58. The highest BCUT2D eigenvalue weighted by molar-refractivity contribution is 6.30. The molecule has 0 atom stereocenters. The van der Waals surface area contributed by atoms with E-state index in [4.69, 9.17) is 11.6 Å². The van der Waals surface area contributed by atoms with Crippen LogP contribution in [0.4, 0.5) is 5.69 Å². The minimum absolute atomic E-state index is 0.792. The number of halogens is 1. The van der Waals surface area contributed by atoms with Crippen LogP contribution in [0, 0.1) is 5.92 Å². The van der Waals surface area contributed by atoms with Gasteiger partial charge >= 0.3 is 0 Å². The van der Waals surface area contributed by atoms with Crippen LogP contribution in [0.3, 0.4) is 0 Å². The predicted molar refractivity (Wildman–Crippen MR) is 110 cm³/mol. The maximum absolute atomic E-state index is 6.07. The third kappa shape index (κ3) is 3.88. The Morgan fingerprint density at radius 3 is 2.62 bits per heavy atom. The van der Waals surface area contributed by atoms with Crippen molar-refractivity contribution in [3.8, 4) is 0 Å². The molecular weight excluding hydrogens is 342 g/mol. The molecule has 4 rings (SSSR count). The van der Waals surface area contributed by atoms with E-state index in [0.717, 1.165) is 24.0 Å². The first-order chi connectivity index (χ1) is 12.7. The Kier molecular flexibility index (Phi) is 5.16. The van der Waals surface area contributed by atoms with Gasteiger partial charge in [0.25, 0.3) is 0 Å². The highest BCUT2D eigenvalue weighted by Gasteiger charge is 2.18. The van der Waals surface area contributed by atoms with Gasteiger partial charge in [0, 0.05) is 36.2 Å². The number of nitrogens with zero attached hydrogens (tertiary/aromatic N) is 3. The predicted octanol–water partition coefficient (Wildman–Crippen LogP) is 5.81. The lowest BCUT2D eigenvalue weighted by Gasteiger charge is -2.31. The first kappa shape index (κ1) is 17.4. The fourth-order valence-electron chi connectivity index (χ4n) is 4.10. The molecule has 2 aromatic carbocycles. The SMILES string of the molecule is Cn1ncc2cc(N(Cc3ccc(Cl)cc3)CC3CCCCC3)ccc21. The largest absolute Gasteiger partial charge is 0.367 e. The number of hydrogen-bond acceptors (Lipinski definition) is 2. The molecule has 4 heteroatoms. The Labute approximate surface area is 160 Å². The number of anilines is 1. The second-order valence-corrected chi connectivity index (χ2v) is 7.96. The average Bonchev–Trinajstić information content (AvgIpc) is 3.04. The van der Waals surface area contributed by atoms with E-state index in [0.29, 0.717) is 0 Å². The number of benzene rings is 2. The normalized spacial score (nSPS) is 15.5. The summed E-state index contributed by atoms with van der Waals surface area (Å²) in [6, 6.07) is 15.0. The molecule has 1 aliphatic rings. The van der Waals surface area contributed by atoms with Crippen molar-refractivity contribution in [1.82, 2.24) is 9.78 Å². The van der Waals surface area contributed by atoms with Gasteiger partial charge < -0.3 is 4.90 Å². The van der Waals surface area contributed by atoms with Gasteiger partial charge in [0.1, 0.15) is 0 Å². The molecule has 0 saturated heterocycles. The van der Waals surface area contributed by atoms with E-state index in [1.807, 2.05) is 30.1 Å². The van der Waals surface area contributed by atoms with Gasteiger partial charge in [-0.25, -0.2) is 0 Å². The Hall–Kier alpha value is -2.00. The highest BCUT2D eigenvalue weighted by atomic mass is 35.5. The van der Waals surface area contributed by atoms with Crippen LogP contribution in [0.15, 0.2) is 48.7 Å². The summed E-state index contributed by atoms with van der Waals surface area (Å²) in [6.07, 6.45) is 8.82. The van der Waals surface area contributed by atoms with Gasteiger partial charge in [-0.05, 0) is 54.7 Å². The smallest absolute Gasteiger partial charge is 0.0680 e. The zero-order valence-electron chi connectivity index (χ0n) is 15.4. The summed E-state index contributed by atoms with van der Waals surface area (Å²) in [5.74, 6) is 0.792. The summed E-state index contributed by atoms with van der Waals surface area (Å²) in [4.78, 5) is 2.53. The zero-order chi connectivity index (χ0) is 17.9. The van der Waals surface area contributed by atoms with Crippen LogP contribution >= 0.6 is 11.6 Å². The minimum atomic E-state index is 0.792. The number of aryl methyl sites for hydroxylation is 1. The topological polar surface area (TPSA) is 21.1 Å². The Morgan fingerprint density at radius 1 is 1.08 bits per heavy atom. The maximum atomic E-state index is 6.07. The number of fused-ring (bicyclic) bond motifs is 1. The molecule has 1 aliphatic carbocycles. The zero-order valence-corrected chi connectivity index (χ0v) is 16.1. The lowest BCUT2D eigenvalue weighted by Crippen LogP contribution is -2.30. The number of aromatic nitrogens is 2. The molecular formula is C22H26ClN3. The van der Waals surface area contributed by atoms with Crippen LogP contribution in [0.2, 0.25) is 5.02 Å². The molecule has 0 radical (unpaired) electrons. The van der Waals surface area contributed by atoms with Crippen molar-refractivity contribution < 1.29 is 0 Å². The van der Waals surface area contributed by atoms with Crippen LogP contribution in [-0.4, -0.2) is 16.3 Å². The third-order valence-corrected chi connectivity index (χ3v) is 5.84. The van der Waals surface area contributed by atoms with Gasteiger partial charge in [-0.2, -0.15) is 5.10 Å². The molecule has 26 heavy (non-hydrogen) atoms. The Morgan fingerprint density at radius 2 is 1.85 bits per heavy atom. The maximum Gasteiger partial charge on any atom is 0.0680 e. The van der Waals surface area contributed by atoms with Crippen molar-refractivity contribution in [2.75, 3.05) is 11.4 Å². The van der Waals surface area contributed by atoms with Crippen LogP contribution in [-0.2, 0) is 13.6 Å². The molecule has 3 nitrogen and oxygen atoms in total. The van der Waals surface area contributed by atoms with Crippen LogP contribution in [0.25, 0.3) is 10.9 Å². The average molecular weight is 368 g/mol. The summed E-state index contributed by atoms with van der Waals surface area (Å²) in [5, 5.41) is 6.39. The summed E-state index contributed by atoms with van der Waals surface area (Å²) < 4.78 is 1.93. The number of rotatable bonds is 5. The molecule has 3 aromatic rings. The lowest BCUT2D eigenvalue weighted by molar-refractivity contribution is 0.357. The monoisotopic (exact) mass is 367 g/mol. The molecule has 0 amide bonds. The van der Waals surface area contributed by atoms with Gasteiger partial charge in [0.05, 0.1) is 11.7 Å². The van der Waals surface area contributed by atoms with Gasteiger partial charge in [-0.15, -0.1) is 0 Å². The van der Waals surface area contributed by atoms with Crippen LogP contribution in [0.1, 0.15) is 37.7 Å². The van der Waals surface area contributed by atoms with Crippen LogP contribution in [0.5, 0.6) is 0 Å². The molecule has 1 aromatic heterocycles. The van der Waals surface area contributed by atoms with Crippen molar-refractivity contribution in [2.45, 2.75) is 38.6 Å². The first-order valence-electron chi connectivity index (χ1n) is 9.60. The fraction of sp³-hybridized carbons (Fsp3) is 0.409. The van der Waals surface area contributed by atoms with E-state index in [1.54, 1.807) is 0 Å². The van der Waals surface area contributed by atoms with Crippen molar-refractivity contribution in [3.05, 3.63) is 59.2 Å². The molecule has 0 bridgehead atoms. The van der Waals surface area contributed by atoms with Gasteiger partial charge in [0.15, 0.2) is 0 Å². The van der Waals surface area contributed by atoms with E-state index in [1.165, 1.54) is 54.3 Å². The summed E-state index contributed by atoms with van der Waals surface area (Å²) in [7, 11) is 2.00. The van der Waals surface area contributed by atoms with Gasteiger partial charge in [0.2, 0.25) is 0 Å². The molecule has 0 aliphatic heterocycles. The van der Waals surface area contributed by atoms with E-state index in [-0.39, 0.29) is 0 Å². The van der Waals surface area contributed by atoms with Crippen molar-refractivity contribution in [1.29, 1.82) is 0 Å². The van der Waals surface area contributed by atoms with Gasteiger partial charge in [-0.3, -0.25) is 4.68 Å². The number of hydrogen-bond donors (Lipinski definition) is 0. The van der Waals surface area contributed by atoms with E-state index < -0.39 is 0 Å². The van der Waals surface area contributed by atoms with E-state index >= 15 is 0 Å². The highest BCUT2D eigenvalue weighted by Crippen LogP contribution is 2.29. The van der Waals surface area contributed by atoms with E-state index in [9.17, 15) is 0 Å². The molecule has 0 unspecified atom stereocenters. The lowest BCUT2D eigenvalue weighted by atomic mass is 9.88. The summed E-state index contributed by atoms with van der Waals surface area (Å²) in [5.41, 5.74) is 3.76. The molecule has 0 spiro atoms. The molecule has 1 fully saturated rings. The Bertz CT molecular complexity index is 863. The second kappa shape index (κ2) is 7.71. The summed E-state index contributed by atoms with van der Waals surface area (Å²) >= 11 is 6.07. The first-order valence-corrected chi connectivity index (χ1v) is 9.98. The molecule has 0 N–H and O–H groups in total.